The molecule has 0 saturated heterocycles. The number of methoxy groups -OCH3 is 1. The Kier molecular flexibility index (Phi) is 5.51. The Labute approximate surface area is 174 Å². The zero-order chi connectivity index (χ0) is 21.1. The summed E-state index contributed by atoms with van der Waals surface area (Å²) in [6.45, 7) is 3.49. The van der Waals surface area contributed by atoms with Crippen LogP contribution in [0.3, 0.4) is 0 Å². The van der Waals surface area contributed by atoms with E-state index in [1.165, 1.54) is 7.11 Å². The lowest BCUT2D eigenvalue weighted by molar-refractivity contribution is 0.0783. The lowest BCUT2D eigenvalue weighted by Gasteiger charge is -2.21. The molecule has 0 atom stereocenters. The molecule has 2 aromatic heterocycles. The fraction of sp³-hybridized carbons (Fsp3) is 0.333. The second kappa shape index (κ2) is 8.40. The summed E-state index contributed by atoms with van der Waals surface area (Å²) in [6, 6.07) is 9.19. The van der Waals surface area contributed by atoms with Crippen LogP contribution in [0.25, 0.3) is 5.82 Å². The maximum absolute atomic E-state index is 13.1. The van der Waals surface area contributed by atoms with Gasteiger partial charge in [0.05, 0.1) is 24.6 Å². The van der Waals surface area contributed by atoms with Crippen molar-refractivity contribution in [2.45, 2.75) is 19.9 Å². The van der Waals surface area contributed by atoms with Crippen molar-refractivity contribution in [2.75, 3.05) is 27.4 Å². The summed E-state index contributed by atoms with van der Waals surface area (Å²) < 4.78 is 17.9. The third-order valence-corrected chi connectivity index (χ3v) is 4.86. The van der Waals surface area contributed by atoms with Gasteiger partial charge in [0.25, 0.3) is 5.91 Å². The largest absolute Gasteiger partial charge is 0.486 e. The number of carbonyl (C=O) groups is 1. The minimum absolute atomic E-state index is 0.116. The fourth-order valence-electron chi connectivity index (χ4n) is 3.36. The van der Waals surface area contributed by atoms with Crippen molar-refractivity contribution >= 4 is 5.91 Å². The molecule has 1 aromatic carbocycles. The first-order valence-electron chi connectivity index (χ1n) is 9.69. The van der Waals surface area contributed by atoms with Crippen molar-refractivity contribution in [3.63, 3.8) is 0 Å². The van der Waals surface area contributed by atoms with Gasteiger partial charge in [-0.2, -0.15) is 5.10 Å². The fourth-order valence-corrected chi connectivity index (χ4v) is 3.36. The van der Waals surface area contributed by atoms with Gasteiger partial charge in [0.1, 0.15) is 13.2 Å². The number of amides is 1. The number of nitrogens with zero attached hydrogens (tertiary/aromatic N) is 5. The Balaban J connectivity index is 1.54. The van der Waals surface area contributed by atoms with Crippen molar-refractivity contribution in [1.29, 1.82) is 0 Å². The normalized spacial score (nSPS) is 12.5. The van der Waals surface area contributed by atoms with Crippen molar-refractivity contribution in [3.05, 3.63) is 53.3 Å². The maximum Gasteiger partial charge on any atom is 0.257 e. The van der Waals surface area contributed by atoms with Crippen LogP contribution in [0.15, 0.2) is 36.5 Å². The number of carbonyl (C=O) groups excluding carboxylic acids is 1. The molecule has 0 spiro atoms. The van der Waals surface area contributed by atoms with Crippen LogP contribution < -0.4 is 14.2 Å². The molecule has 0 saturated carbocycles. The van der Waals surface area contributed by atoms with Crippen LogP contribution in [-0.4, -0.2) is 58.2 Å². The molecule has 3 aromatic rings. The average molecular weight is 409 g/mol. The van der Waals surface area contributed by atoms with Gasteiger partial charge in [-0.05, 0) is 30.2 Å². The van der Waals surface area contributed by atoms with Gasteiger partial charge in [0.2, 0.25) is 5.88 Å². The molecule has 0 aliphatic carbocycles. The van der Waals surface area contributed by atoms with Gasteiger partial charge in [0, 0.05) is 19.7 Å². The summed E-state index contributed by atoms with van der Waals surface area (Å²) in [5.74, 6) is 2.27. The van der Waals surface area contributed by atoms with Crippen LogP contribution in [-0.2, 0) is 13.0 Å². The minimum atomic E-state index is -0.116. The SMILES string of the molecule is CCc1c(C(=O)N(C)Cc2ccc3c(c2)OCCO3)cnn1-c1ccc(OC)nn1. The predicted octanol–water partition coefficient (Wildman–Crippen LogP) is 2.28. The van der Waals surface area contributed by atoms with Gasteiger partial charge in [0.15, 0.2) is 17.3 Å². The molecule has 4 rings (SSSR count). The highest BCUT2D eigenvalue weighted by Gasteiger charge is 2.22. The van der Waals surface area contributed by atoms with Crippen molar-refractivity contribution < 1.29 is 19.0 Å². The van der Waals surface area contributed by atoms with Crippen LogP contribution in [0, 0.1) is 0 Å². The molecule has 1 aliphatic rings. The standard InChI is InChI=1S/C21H23N5O4/c1-4-16-15(12-22-26(16)19-7-8-20(28-3)24-23-19)21(27)25(2)13-14-5-6-17-18(11-14)30-10-9-29-17/h5-8,11-12H,4,9-10,13H2,1-3H3. The van der Waals surface area contributed by atoms with Gasteiger partial charge in [-0.3, -0.25) is 4.79 Å². The Bertz CT molecular complexity index is 1050. The zero-order valence-corrected chi connectivity index (χ0v) is 17.2. The highest BCUT2D eigenvalue weighted by molar-refractivity contribution is 5.95. The third-order valence-electron chi connectivity index (χ3n) is 4.86. The highest BCUT2D eigenvalue weighted by atomic mass is 16.6. The summed E-state index contributed by atoms with van der Waals surface area (Å²) in [5.41, 5.74) is 2.27. The molecular formula is C21H23N5O4. The highest BCUT2D eigenvalue weighted by Crippen LogP contribution is 2.31. The number of rotatable bonds is 6. The maximum atomic E-state index is 13.1. The number of fused-ring (bicyclic) bond motifs is 1. The summed E-state index contributed by atoms with van der Waals surface area (Å²) in [6.07, 6.45) is 2.19. The lowest BCUT2D eigenvalue weighted by Crippen LogP contribution is -2.27. The molecule has 9 nitrogen and oxygen atoms in total. The molecule has 1 amide bonds. The second-order valence-corrected chi connectivity index (χ2v) is 6.84. The summed E-state index contributed by atoms with van der Waals surface area (Å²) in [4.78, 5) is 14.8. The molecule has 0 fully saturated rings. The quantitative estimate of drug-likeness (QED) is 0.617. The van der Waals surface area contributed by atoms with Crippen LogP contribution in [0.4, 0.5) is 0 Å². The molecule has 3 heterocycles. The van der Waals surface area contributed by atoms with Crippen molar-refractivity contribution in [3.8, 4) is 23.2 Å². The van der Waals surface area contributed by atoms with Crippen LogP contribution in [0.5, 0.6) is 17.4 Å². The van der Waals surface area contributed by atoms with E-state index in [0.29, 0.717) is 49.2 Å². The molecule has 0 N–H and O–H groups in total. The van der Waals surface area contributed by atoms with E-state index in [2.05, 4.69) is 15.3 Å². The van der Waals surface area contributed by atoms with Gasteiger partial charge < -0.3 is 19.1 Å². The van der Waals surface area contributed by atoms with E-state index in [9.17, 15) is 4.79 Å². The number of aromatic nitrogens is 4. The molecule has 156 valence electrons. The van der Waals surface area contributed by atoms with Crippen molar-refractivity contribution in [1.82, 2.24) is 24.9 Å². The third kappa shape index (κ3) is 3.78. The molecule has 9 heteroatoms. The number of benzene rings is 1. The van der Waals surface area contributed by atoms with Crippen molar-refractivity contribution in [2.24, 2.45) is 0 Å². The van der Waals surface area contributed by atoms with E-state index < -0.39 is 0 Å². The van der Waals surface area contributed by atoms with Gasteiger partial charge >= 0.3 is 0 Å². The predicted molar refractivity (Wildman–Crippen MR) is 108 cm³/mol. The molecule has 0 unspecified atom stereocenters. The number of ether oxygens (including phenoxy) is 3. The van der Waals surface area contributed by atoms with E-state index in [1.807, 2.05) is 25.1 Å². The van der Waals surface area contributed by atoms with E-state index >= 15 is 0 Å². The summed E-state index contributed by atoms with van der Waals surface area (Å²) >= 11 is 0. The number of hydrogen-bond donors (Lipinski definition) is 0. The van der Waals surface area contributed by atoms with E-state index in [4.69, 9.17) is 14.2 Å². The molecule has 0 bridgehead atoms. The Morgan fingerprint density at radius 2 is 1.97 bits per heavy atom. The molecule has 30 heavy (non-hydrogen) atoms. The summed E-state index contributed by atoms with van der Waals surface area (Å²) in [5, 5.41) is 12.5. The lowest BCUT2D eigenvalue weighted by atomic mass is 10.1. The first kappa shape index (κ1) is 19.7. The Morgan fingerprint density at radius 1 is 1.17 bits per heavy atom. The Morgan fingerprint density at radius 3 is 2.67 bits per heavy atom. The zero-order valence-electron chi connectivity index (χ0n) is 17.2. The van der Waals surface area contributed by atoms with Gasteiger partial charge in [-0.1, -0.05) is 13.0 Å². The molecule has 1 aliphatic heterocycles. The van der Waals surface area contributed by atoms with Gasteiger partial charge in [-0.25, -0.2) is 4.68 Å². The van der Waals surface area contributed by atoms with E-state index in [-0.39, 0.29) is 5.91 Å². The topological polar surface area (TPSA) is 91.6 Å². The monoisotopic (exact) mass is 409 g/mol. The van der Waals surface area contributed by atoms with E-state index in [1.54, 1.807) is 35.0 Å². The molecule has 0 radical (unpaired) electrons. The van der Waals surface area contributed by atoms with Gasteiger partial charge in [-0.15, -0.1) is 10.2 Å². The number of hydrogen-bond acceptors (Lipinski definition) is 7. The first-order valence-corrected chi connectivity index (χ1v) is 9.69. The smallest absolute Gasteiger partial charge is 0.257 e. The first-order chi connectivity index (χ1) is 14.6. The van der Waals surface area contributed by atoms with Crippen LogP contribution in [0.1, 0.15) is 28.5 Å². The Hall–Kier alpha value is -3.62. The molecular weight excluding hydrogens is 386 g/mol. The van der Waals surface area contributed by atoms with E-state index in [0.717, 1.165) is 17.0 Å². The average Bonchev–Trinajstić information content (AvgIpc) is 3.22. The minimum Gasteiger partial charge on any atom is -0.486 e. The van der Waals surface area contributed by atoms with Crippen LogP contribution in [0.2, 0.25) is 0 Å². The summed E-state index contributed by atoms with van der Waals surface area (Å²) in [7, 11) is 3.30. The van der Waals surface area contributed by atoms with Crippen LogP contribution >= 0.6 is 0 Å². The second-order valence-electron chi connectivity index (χ2n) is 6.84.